The van der Waals surface area contributed by atoms with Crippen molar-refractivity contribution in [2.75, 3.05) is 13.7 Å². The summed E-state index contributed by atoms with van der Waals surface area (Å²) in [7, 11) is 1.98. The molecule has 3 nitrogen and oxygen atoms in total. The second kappa shape index (κ2) is 5.91. The maximum atomic E-state index is 5.54. The minimum Gasteiger partial charge on any atom is -0.492 e. The SMILES string of the molecule is CCOc1cncc(C(NC)c2cc3sccc3s2)c1. The fraction of sp³-hybridized carbons (Fsp3) is 0.267. The van der Waals surface area contributed by atoms with Crippen molar-refractivity contribution in [2.45, 2.75) is 13.0 Å². The number of nitrogens with one attached hydrogen (secondary N) is 1. The van der Waals surface area contributed by atoms with Gasteiger partial charge in [-0.15, -0.1) is 22.7 Å². The molecule has 0 bridgehead atoms. The van der Waals surface area contributed by atoms with Gasteiger partial charge in [-0.1, -0.05) is 0 Å². The number of ether oxygens (including phenoxy) is 1. The zero-order valence-corrected chi connectivity index (χ0v) is 13.1. The minimum absolute atomic E-state index is 0.160. The van der Waals surface area contributed by atoms with Gasteiger partial charge in [0.1, 0.15) is 5.75 Å². The van der Waals surface area contributed by atoms with E-state index in [2.05, 4.69) is 33.9 Å². The lowest BCUT2D eigenvalue weighted by atomic mass is 10.1. The van der Waals surface area contributed by atoms with Gasteiger partial charge in [-0.05, 0) is 43.1 Å². The average Bonchev–Trinajstić information content (AvgIpc) is 3.02. The zero-order valence-electron chi connectivity index (χ0n) is 11.4. The second-order valence-electron chi connectivity index (χ2n) is 4.41. The van der Waals surface area contributed by atoms with Crippen molar-refractivity contribution in [3.8, 4) is 5.75 Å². The Hall–Kier alpha value is -1.43. The summed E-state index contributed by atoms with van der Waals surface area (Å²) >= 11 is 3.61. The van der Waals surface area contributed by atoms with Crippen LogP contribution < -0.4 is 10.1 Å². The third-order valence-electron chi connectivity index (χ3n) is 3.11. The van der Waals surface area contributed by atoms with E-state index in [0.29, 0.717) is 6.61 Å². The van der Waals surface area contributed by atoms with Gasteiger partial charge in [-0.25, -0.2) is 0 Å². The van der Waals surface area contributed by atoms with Gasteiger partial charge in [0.2, 0.25) is 0 Å². The highest BCUT2D eigenvalue weighted by Crippen LogP contribution is 2.36. The molecule has 3 aromatic rings. The summed E-state index contributed by atoms with van der Waals surface area (Å²) < 4.78 is 8.23. The molecule has 0 aromatic carbocycles. The normalized spacial score (nSPS) is 12.7. The van der Waals surface area contributed by atoms with Crippen LogP contribution in [0.15, 0.2) is 36.0 Å². The first-order valence-corrected chi connectivity index (χ1v) is 8.23. The van der Waals surface area contributed by atoms with Gasteiger partial charge in [0.25, 0.3) is 0 Å². The summed E-state index contributed by atoms with van der Waals surface area (Å²) in [6.45, 7) is 2.64. The molecule has 3 aromatic heterocycles. The minimum atomic E-state index is 0.160. The standard InChI is InChI=1S/C15H16N2OS2/c1-3-18-11-6-10(8-17-9-11)15(16-2)14-7-13-12(20-14)4-5-19-13/h4-9,15-16H,3H2,1-2H3. The second-order valence-corrected chi connectivity index (χ2v) is 6.47. The number of thiophene rings is 2. The Morgan fingerprint density at radius 2 is 2.20 bits per heavy atom. The van der Waals surface area contributed by atoms with Crippen LogP contribution in [0.3, 0.4) is 0 Å². The van der Waals surface area contributed by atoms with Crippen molar-refractivity contribution in [2.24, 2.45) is 0 Å². The van der Waals surface area contributed by atoms with Crippen molar-refractivity contribution in [3.63, 3.8) is 0 Å². The molecular formula is C15H16N2OS2. The summed E-state index contributed by atoms with van der Waals surface area (Å²) in [6, 6.07) is 6.66. The first kappa shape index (κ1) is 13.5. The van der Waals surface area contributed by atoms with Gasteiger partial charge in [0, 0.05) is 20.5 Å². The Labute approximate surface area is 126 Å². The molecule has 5 heteroatoms. The van der Waals surface area contributed by atoms with E-state index in [1.54, 1.807) is 17.5 Å². The van der Waals surface area contributed by atoms with Crippen LogP contribution in [-0.4, -0.2) is 18.6 Å². The first-order chi connectivity index (χ1) is 9.81. The molecule has 3 heterocycles. The highest BCUT2D eigenvalue weighted by Gasteiger charge is 2.16. The lowest BCUT2D eigenvalue weighted by molar-refractivity contribution is 0.338. The molecule has 0 saturated carbocycles. The highest BCUT2D eigenvalue weighted by atomic mass is 32.1. The highest BCUT2D eigenvalue weighted by molar-refractivity contribution is 7.27. The van der Waals surface area contributed by atoms with Crippen molar-refractivity contribution in [1.82, 2.24) is 10.3 Å². The van der Waals surface area contributed by atoms with E-state index in [1.807, 2.05) is 31.5 Å². The molecule has 3 rings (SSSR count). The molecule has 104 valence electrons. The van der Waals surface area contributed by atoms with Crippen molar-refractivity contribution >= 4 is 32.1 Å². The number of nitrogens with zero attached hydrogens (tertiary/aromatic N) is 1. The lowest BCUT2D eigenvalue weighted by Gasteiger charge is -2.15. The number of aromatic nitrogens is 1. The van der Waals surface area contributed by atoms with Crippen LogP contribution in [-0.2, 0) is 0 Å². The van der Waals surface area contributed by atoms with Crippen LogP contribution in [0.4, 0.5) is 0 Å². The average molecular weight is 304 g/mol. The number of hydrogen-bond acceptors (Lipinski definition) is 5. The summed E-state index contributed by atoms with van der Waals surface area (Å²) in [5.41, 5.74) is 1.13. The van der Waals surface area contributed by atoms with Gasteiger partial charge in [0.05, 0.1) is 18.8 Å². The molecular weight excluding hydrogens is 288 g/mol. The van der Waals surface area contributed by atoms with E-state index in [1.165, 1.54) is 14.3 Å². The van der Waals surface area contributed by atoms with E-state index in [4.69, 9.17) is 4.74 Å². The fourth-order valence-corrected chi connectivity index (χ4v) is 4.50. The topological polar surface area (TPSA) is 34.1 Å². The Bertz CT molecular complexity index is 676. The Balaban J connectivity index is 1.96. The fourth-order valence-electron chi connectivity index (χ4n) is 2.24. The molecule has 0 spiro atoms. The smallest absolute Gasteiger partial charge is 0.137 e. The zero-order chi connectivity index (χ0) is 13.9. The van der Waals surface area contributed by atoms with Gasteiger partial charge >= 0.3 is 0 Å². The molecule has 20 heavy (non-hydrogen) atoms. The molecule has 0 fully saturated rings. The van der Waals surface area contributed by atoms with E-state index in [0.717, 1.165) is 11.3 Å². The molecule has 0 aliphatic heterocycles. The van der Waals surface area contributed by atoms with Crippen LogP contribution in [0, 0.1) is 0 Å². The van der Waals surface area contributed by atoms with E-state index in [-0.39, 0.29) is 6.04 Å². The monoisotopic (exact) mass is 304 g/mol. The Kier molecular flexibility index (Phi) is 4.00. The molecule has 0 amide bonds. The van der Waals surface area contributed by atoms with Crippen LogP contribution in [0.1, 0.15) is 23.4 Å². The van der Waals surface area contributed by atoms with Crippen LogP contribution in [0.5, 0.6) is 5.75 Å². The van der Waals surface area contributed by atoms with Gasteiger partial charge in [-0.3, -0.25) is 4.98 Å². The molecule has 0 radical (unpaired) electrons. The number of pyridine rings is 1. The summed E-state index contributed by atoms with van der Waals surface area (Å²) in [5.74, 6) is 0.823. The summed E-state index contributed by atoms with van der Waals surface area (Å²) in [4.78, 5) is 5.59. The van der Waals surface area contributed by atoms with E-state index >= 15 is 0 Å². The largest absolute Gasteiger partial charge is 0.492 e. The van der Waals surface area contributed by atoms with Gasteiger partial charge < -0.3 is 10.1 Å². The van der Waals surface area contributed by atoms with Crippen LogP contribution in [0.2, 0.25) is 0 Å². The van der Waals surface area contributed by atoms with E-state index in [9.17, 15) is 0 Å². The summed E-state index contributed by atoms with van der Waals surface area (Å²) in [6.07, 6.45) is 3.66. The Morgan fingerprint density at radius 1 is 1.30 bits per heavy atom. The number of rotatable bonds is 5. The van der Waals surface area contributed by atoms with Crippen molar-refractivity contribution < 1.29 is 4.74 Å². The maximum Gasteiger partial charge on any atom is 0.137 e. The molecule has 1 atom stereocenters. The van der Waals surface area contributed by atoms with Crippen LogP contribution >= 0.6 is 22.7 Å². The molecule has 1 N–H and O–H groups in total. The lowest BCUT2D eigenvalue weighted by Crippen LogP contribution is -2.16. The summed E-state index contributed by atoms with van der Waals surface area (Å²) in [5, 5.41) is 5.51. The third-order valence-corrected chi connectivity index (χ3v) is 5.27. The predicted octanol–water partition coefficient (Wildman–Crippen LogP) is 4.07. The number of fused-ring (bicyclic) bond motifs is 1. The molecule has 0 saturated heterocycles. The Morgan fingerprint density at radius 3 is 2.95 bits per heavy atom. The van der Waals surface area contributed by atoms with E-state index < -0.39 is 0 Å². The molecule has 0 aliphatic rings. The maximum absolute atomic E-state index is 5.54. The van der Waals surface area contributed by atoms with Crippen molar-refractivity contribution in [3.05, 3.63) is 46.4 Å². The van der Waals surface area contributed by atoms with Crippen molar-refractivity contribution in [1.29, 1.82) is 0 Å². The predicted molar refractivity (Wildman–Crippen MR) is 86.0 cm³/mol. The first-order valence-electron chi connectivity index (χ1n) is 6.53. The van der Waals surface area contributed by atoms with Gasteiger partial charge in [-0.2, -0.15) is 0 Å². The van der Waals surface area contributed by atoms with Gasteiger partial charge in [0.15, 0.2) is 0 Å². The molecule has 0 aliphatic carbocycles. The quantitative estimate of drug-likeness (QED) is 0.771. The van der Waals surface area contributed by atoms with Crippen LogP contribution in [0.25, 0.3) is 9.40 Å². The number of hydrogen-bond donors (Lipinski definition) is 1. The molecule has 1 unspecified atom stereocenters. The third kappa shape index (κ3) is 2.57.